The first-order valence-corrected chi connectivity index (χ1v) is 8.03. The van der Waals surface area contributed by atoms with Gasteiger partial charge in [0, 0.05) is 37.3 Å². The number of anilines is 1. The number of methoxy groups -OCH3 is 1. The van der Waals surface area contributed by atoms with Gasteiger partial charge in [0.15, 0.2) is 0 Å². The molecule has 136 valence electrons. The molecule has 2 N–H and O–H groups in total. The van der Waals surface area contributed by atoms with Crippen LogP contribution < -0.4 is 15.4 Å². The van der Waals surface area contributed by atoms with Crippen molar-refractivity contribution in [2.45, 2.75) is 19.9 Å². The Morgan fingerprint density at radius 1 is 1.23 bits per heavy atom. The molecule has 2 amide bonds. The quantitative estimate of drug-likeness (QED) is 0.636. The van der Waals surface area contributed by atoms with Crippen molar-refractivity contribution in [3.63, 3.8) is 0 Å². The van der Waals surface area contributed by atoms with E-state index >= 15 is 0 Å². The maximum absolute atomic E-state index is 12.1. The van der Waals surface area contributed by atoms with Crippen LogP contribution in [0.1, 0.15) is 12.7 Å². The highest BCUT2D eigenvalue weighted by molar-refractivity contribution is 5.89. The SMILES string of the molecule is CCn1cnnc1CCNC(=O)Nc1cc(OC)cc(-n2cnnn2)c1. The van der Waals surface area contributed by atoms with Crippen molar-refractivity contribution < 1.29 is 9.53 Å². The summed E-state index contributed by atoms with van der Waals surface area (Å²) in [7, 11) is 1.55. The van der Waals surface area contributed by atoms with E-state index in [9.17, 15) is 4.79 Å². The second-order valence-corrected chi connectivity index (χ2v) is 5.34. The van der Waals surface area contributed by atoms with E-state index in [1.807, 2.05) is 11.5 Å². The Hall–Kier alpha value is -3.50. The van der Waals surface area contributed by atoms with Gasteiger partial charge >= 0.3 is 6.03 Å². The molecule has 2 aromatic heterocycles. The number of nitrogens with zero attached hydrogens (tertiary/aromatic N) is 7. The van der Waals surface area contributed by atoms with Crippen LogP contribution in [0, 0.1) is 0 Å². The van der Waals surface area contributed by atoms with Crippen LogP contribution in [0.25, 0.3) is 5.69 Å². The van der Waals surface area contributed by atoms with E-state index in [4.69, 9.17) is 4.74 Å². The Kier molecular flexibility index (Phi) is 5.37. The van der Waals surface area contributed by atoms with Gasteiger partial charge in [0.1, 0.15) is 24.2 Å². The first-order chi connectivity index (χ1) is 12.7. The summed E-state index contributed by atoms with van der Waals surface area (Å²) in [6.07, 6.45) is 3.73. The minimum atomic E-state index is -0.330. The second-order valence-electron chi connectivity index (χ2n) is 5.34. The van der Waals surface area contributed by atoms with Gasteiger partial charge in [-0.15, -0.1) is 15.3 Å². The van der Waals surface area contributed by atoms with Crippen LogP contribution in [0.3, 0.4) is 0 Å². The molecule has 0 aliphatic carbocycles. The summed E-state index contributed by atoms with van der Waals surface area (Å²) in [6, 6.07) is 4.88. The van der Waals surface area contributed by atoms with Crippen molar-refractivity contribution in [1.29, 1.82) is 0 Å². The van der Waals surface area contributed by atoms with E-state index in [-0.39, 0.29) is 6.03 Å². The van der Waals surface area contributed by atoms with Gasteiger partial charge in [-0.3, -0.25) is 0 Å². The van der Waals surface area contributed by atoms with Crippen molar-refractivity contribution in [2.75, 3.05) is 19.0 Å². The third-order valence-corrected chi connectivity index (χ3v) is 3.67. The normalized spacial score (nSPS) is 10.5. The summed E-state index contributed by atoms with van der Waals surface area (Å²) in [5.41, 5.74) is 1.23. The standard InChI is InChI=1S/C15H19N9O2/c1-3-23-9-17-20-14(23)4-5-16-15(25)19-11-6-12(8-13(7-11)26-2)24-10-18-21-22-24/h6-10H,3-5H2,1-2H3,(H2,16,19,25). The van der Waals surface area contributed by atoms with E-state index in [1.54, 1.807) is 31.6 Å². The Bertz CT molecular complexity index is 860. The number of tetrazole rings is 1. The molecule has 0 unspecified atom stereocenters. The number of ether oxygens (including phenoxy) is 1. The molecular formula is C15H19N9O2. The fraction of sp³-hybridized carbons (Fsp3) is 0.333. The molecule has 0 saturated heterocycles. The maximum atomic E-state index is 12.1. The number of carbonyl (C=O) groups excluding carboxylic acids is 1. The van der Waals surface area contributed by atoms with Gasteiger partial charge in [-0.2, -0.15) is 0 Å². The average molecular weight is 357 g/mol. The largest absolute Gasteiger partial charge is 0.497 e. The van der Waals surface area contributed by atoms with Crippen molar-refractivity contribution in [1.82, 2.24) is 40.3 Å². The molecule has 0 radical (unpaired) electrons. The van der Waals surface area contributed by atoms with E-state index in [2.05, 4.69) is 36.4 Å². The number of benzene rings is 1. The smallest absolute Gasteiger partial charge is 0.319 e. The average Bonchev–Trinajstić information content (AvgIpc) is 3.33. The molecule has 0 aliphatic heterocycles. The van der Waals surface area contributed by atoms with E-state index in [1.165, 1.54) is 11.0 Å². The summed E-state index contributed by atoms with van der Waals surface area (Å²) in [5.74, 6) is 1.40. The number of urea groups is 1. The van der Waals surface area contributed by atoms with Crippen LogP contribution in [0.15, 0.2) is 30.9 Å². The summed E-state index contributed by atoms with van der Waals surface area (Å²) in [5, 5.41) is 24.5. The minimum absolute atomic E-state index is 0.330. The molecule has 0 aliphatic rings. The number of nitrogens with one attached hydrogen (secondary N) is 2. The summed E-state index contributed by atoms with van der Waals surface area (Å²) < 4.78 is 8.67. The number of hydrogen-bond donors (Lipinski definition) is 2. The predicted octanol–water partition coefficient (Wildman–Crippen LogP) is 0.646. The highest BCUT2D eigenvalue weighted by atomic mass is 16.5. The Morgan fingerprint density at radius 3 is 2.85 bits per heavy atom. The van der Waals surface area contributed by atoms with Crippen molar-refractivity contribution in [3.05, 3.63) is 36.7 Å². The molecule has 3 aromatic rings. The second kappa shape index (κ2) is 8.05. The molecule has 2 heterocycles. The third kappa shape index (κ3) is 4.12. The molecule has 11 nitrogen and oxygen atoms in total. The Labute approximate surface area is 149 Å². The number of amides is 2. The lowest BCUT2D eigenvalue weighted by Crippen LogP contribution is -2.31. The Morgan fingerprint density at radius 2 is 2.12 bits per heavy atom. The number of aryl methyl sites for hydroxylation is 1. The molecule has 1 aromatic carbocycles. The first kappa shape index (κ1) is 17.3. The number of aromatic nitrogens is 7. The zero-order valence-electron chi connectivity index (χ0n) is 14.5. The summed E-state index contributed by atoms with van der Waals surface area (Å²) >= 11 is 0. The van der Waals surface area contributed by atoms with Crippen molar-refractivity contribution in [2.24, 2.45) is 0 Å². The van der Waals surface area contributed by atoms with Crippen LogP contribution in [0.5, 0.6) is 5.75 Å². The lowest BCUT2D eigenvalue weighted by Gasteiger charge is -2.11. The van der Waals surface area contributed by atoms with Gasteiger partial charge in [0.05, 0.1) is 12.8 Å². The summed E-state index contributed by atoms with van der Waals surface area (Å²) in [6.45, 7) is 3.24. The molecule has 0 spiro atoms. The van der Waals surface area contributed by atoms with E-state index in [0.717, 1.165) is 12.4 Å². The van der Waals surface area contributed by atoms with Gasteiger partial charge in [-0.25, -0.2) is 9.48 Å². The molecule has 11 heteroatoms. The van der Waals surface area contributed by atoms with Crippen LogP contribution >= 0.6 is 0 Å². The van der Waals surface area contributed by atoms with Crippen molar-refractivity contribution >= 4 is 11.7 Å². The lowest BCUT2D eigenvalue weighted by atomic mass is 10.2. The Balaban J connectivity index is 1.61. The number of rotatable bonds is 7. The van der Waals surface area contributed by atoms with Crippen molar-refractivity contribution in [3.8, 4) is 11.4 Å². The maximum Gasteiger partial charge on any atom is 0.319 e. The van der Waals surface area contributed by atoms with Crippen LogP contribution in [-0.4, -0.2) is 54.7 Å². The summed E-state index contributed by atoms with van der Waals surface area (Å²) in [4.78, 5) is 12.1. The first-order valence-electron chi connectivity index (χ1n) is 8.03. The predicted molar refractivity (Wildman–Crippen MR) is 92.1 cm³/mol. The van der Waals surface area contributed by atoms with E-state index in [0.29, 0.717) is 30.1 Å². The number of carbonyl (C=O) groups is 1. The van der Waals surface area contributed by atoms with Gasteiger partial charge in [-0.05, 0) is 23.4 Å². The van der Waals surface area contributed by atoms with Gasteiger partial charge in [0.2, 0.25) is 0 Å². The fourth-order valence-electron chi connectivity index (χ4n) is 2.39. The lowest BCUT2D eigenvalue weighted by molar-refractivity contribution is 0.252. The highest BCUT2D eigenvalue weighted by Gasteiger charge is 2.08. The zero-order valence-corrected chi connectivity index (χ0v) is 14.5. The number of hydrogen-bond acceptors (Lipinski definition) is 7. The van der Waals surface area contributed by atoms with Gasteiger partial charge < -0.3 is 19.9 Å². The molecule has 3 rings (SSSR count). The molecule has 0 saturated carbocycles. The van der Waals surface area contributed by atoms with E-state index < -0.39 is 0 Å². The monoisotopic (exact) mass is 357 g/mol. The fourth-order valence-corrected chi connectivity index (χ4v) is 2.39. The minimum Gasteiger partial charge on any atom is -0.497 e. The van der Waals surface area contributed by atoms with Crippen LogP contribution in [0.4, 0.5) is 10.5 Å². The van der Waals surface area contributed by atoms with Crippen LogP contribution in [0.2, 0.25) is 0 Å². The highest BCUT2D eigenvalue weighted by Crippen LogP contribution is 2.22. The van der Waals surface area contributed by atoms with Gasteiger partial charge in [-0.1, -0.05) is 0 Å². The third-order valence-electron chi connectivity index (χ3n) is 3.67. The molecule has 0 atom stereocenters. The molecular weight excluding hydrogens is 338 g/mol. The molecule has 0 bridgehead atoms. The molecule has 26 heavy (non-hydrogen) atoms. The van der Waals surface area contributed by atoms with Crippen LogP contribution in [-0.2, 0) is 13.0 Å². The van der Waals surface area contributed by atoms with Gasteiger partial charge in [0.25, 0.3) is 0 Å². The molecule has 0 fully saturated rings. The zero-order chi connectivity index (χ0) is 18.4. The topological polar surface area (TPSA) is 125 Å².